The smallest absolute Gasteiger partial charge is 0.258 e. The highest BCUT2D eigenvalue weighted by molar-refractivity contribution is 5.77. The summed E-state index contributed by atoms with van der Waals surface area (Å²) >= 11 is 0. The van der Waals surface area contributed by atoms with Crippen LogP contribution < -0.4 is 14.8 Å². The molecule has 1 aliphatic carbocycles. The van der Waals surface area contributed by atoms with Gasteiger partial charge in [0.25, 0.3) is 5.91 Å². The fourth-order valence-electron chi connectivity index (χ4n) is 2.59. The van der Waals surface area contributed by atoms with Gasteiger partial charge < -0.3 is 19.9 Å². The third-order valence-electron chi connectivity index (χ3n) is 3.75. The summed E-state index contributed by atoms with van der Waals surface area (Å²) in [5.74, 6) is 0.984. The first-order valence-corrected chi connectivity index (χ1v) is 7.38. The molecule has 1 aromatic rings. The Morgan fingerprint density at radius 1 is 1.43 bits per heavy atom. The van der Waals surface area contributed by atoms with Gasteiger partial charge in [-0.1, -0.05) is 12.8 Å². The second-order valence-electron chi connectivity index (χ2n) is 5.42. The quantitative estimate of drug-likeness (QED) is 0.843. The van der Waals surface area contributed by atoms with Crippen LogP contribution in [-0.4, -0.2) is 30.8 Å². The Bertz CT molecular complexity index is 481. The van der Waals surface area contributed by atoms with Crippen LogP contribution in [0.4, 0.5) is 0 Å². The lowest BCUT2D eigenvalue weighted by Crippen LogP contribution is -2.36. The lowest BCUT2D eigenvalue weighted by molar-refractivity contribution is -0.123. The molecule has 2 rings (SSSR count). The summed E-state index contributed by atoms with van der Waals surface area (Å²) in [4.78, 5) is 11.9. The molecule has 21 heavy (non-hydrogen) atoms. The van der Waals surface area contributed by atoms with E-state index in [1.807, 2.05) is 0 Å². The predicted octanol–water partition coefficient (Wildman–Crippen LogP) is 2.19. The molecule has 1 atom stereocenters. The van der Waals surface area contributed by atoms with E-state index in [1.165, 1.54) is 12.8 Å². The zero-order chi connectivity index (χ0) is 15.2. The van der Waals surface area contributed by atoms with Crippen molar-refractivity contribution in [2.75, 3.05) is 13.7 Å². The maximum absolute atomic E-state index is 11.9. The summed E-state index contributed by atoms with van der Waals surface area (Å²) < 4.78 is 10.7. The van der Waals surface area contributed by atoms with Crippen LogP contribution in [0.1, 0.15) is 44.3 Å². The summed E-state index contributed by atoms with van der Waals surface area (Å²) in [6.45, 7) is 1.61. The third kappa shape index (κ3) is 4.36. The lowest BCUT2D eigenvalue weighted by atomic mass is 10.1. The second-order valence-corrected chi connectivity index (χ2v) is 5.42. The number of hydrogen-bond acceptors (Lipinski definition) is 4. The van der Waals surface area contributed by atoms with Gasteiger partial charge in [0.2, 0.25) is 0 Å². The van der Waals surface area contributed by atoms with Gasteiger partial charge in [0.1, 0.15) is 11.5 Å². The summed E-state index contributed by atoms with van der Waals surface area (Å²) in [6, 6.07) is 5.47. The number of benzene rings is 1. The third-order valence-corrected chi connectivity index (χ3v) is 3.75. The topological polar surface area (TPSA) is 67.8 Å². The number of amides is 1. The molecule has 1 aliphatic rings. The number of nitrogens with one attached hydrogen (secondary N) is 1. The first kappa shape index (κ1) is 15.6. The van der Waals surface area contributed by atoms with E-state index in [0.717, 1.165) is 12.8 Å². The number of carbonyl (C=O) groups excluding carboxylic acids is 1. The van der Waals surface area contributed by atoms with Crippen molar-refractivity contribution in [1.82, 2.24) is 5.32 Å². The van der Waals surface area contributed by atoms with Gasteiger partial charge in [0.05, 0.1) is 13.2 Å². The predicted molar refractivity (Wildman–Crippen MR) is 79.5 cm³/mol. The molecule has 5 heteroatoms. The zero-order valence-corrected chi connectivity index (χ0v) is 12.6. The Labute approximate surface area is 125 Å². The Kier molecular flexibility index (Phi) is 5.44. The maximum Gasteiger partial charge on any atom is 0.258 e. The maximum atomic E-state index is 11.9. The van der Waals surface area contributed by atoms with Crippen molar-refractivity contribution in [2.24, 2.45) is 0 Å². The van der Waals surface area contributed by atoms with Crippen LogP contribution >= 0.6 is 0 Å². The lowest BCUT2D eigenvalue weighted by Gasteiger charge is -2.16. The van der Waals surface area contributed by atoms with Gasteiger partial charge in [-0.15, -0.1) is 0 Å². The summed E-state index contributed by atoms with van der Waals surface area (Å²) in [5, 5.41) is 12.7. The van der Waals surface area contributed by atoms with Crippen LogP contribution in [-0.2, 0) is 4.79 Å². The van der Waals surface area contributed by atoms with Crippen molar-refractivity contribution in [3.8, 4) is 11.5 Å². The normalized spacial score (nSPS) is 16.5. The van der Waals surface area contributed by atoms with E-state index in [0.29, 0.717) is 17.1 Å². The van der Waals surface area contributed by atoms with E-state index >= 15 is 0 Å². The van der Waals surface area contributed by atoms with Crippen LogP contribution in [0.15, 0.2) is 18.2 Å². The van der Waals surface area contributed by atoms with Gasteiger partial charge in [0, 0.05) is 17.7 Å². The highest BCUT2D eigenvalue weighted by atomic mass is 16.5. The molecule has 1 fully saturated rings. The van der Waals surface area contributed by atoms with Crippen molar-refractivity contribution in [1.29, 1.82) is 0 Å². The van der Waals surface area contributed by atoms with Gasteiger partial charge in [-0.3, -0.25) is 4.79 Å². The molecule has 0 spiro atoms. The van der Waals surface area contributed by atoms with Crippen molar-refractivity contribution < 1.29 is 19.4 Å². The first-order chi connectivity index (χ1) is 10.1. The number of carbonyl (C=O) groups is 1. The molecule has 2 N–H and O–H groups in total. The standard InChI is InChI=1S/C16H23NO4/c1-11(18)14-8-7-13(20-2)9-15(14)21-10-16(19)17-12-5-3-4-6-12/h7-9,11-12,18H,3-6,10H2,1-2H3,(H,17,19). The van der Waals surface area contributed by atoms with Crippen LogP contribution in [0.3, 0.4) is 0 Å². The van der Waals surface area contributed by atoms with E-state index in [1.54, 1.807) is 32.2 Å². The number of hydrogen-bond donors (Lipinski definition) is 2. The van der Waals surface area contributed by atoms with E-state index in [2.05, 4.69) is 5.32 Å². The average Bonchev–Trinajstić information content (AvgIpc) is 2.97. The van der Waals surface area contributed by atoms with Crippen LogP contribution in [0.5, 0.6) is 11.5 Å². The van der Waals surface area contributed by atoms with Gasteiger partial charge in [-0.2, -0.15) is 0 Å². The summed E-state index contributed by atoms with van der Waals surface area (Å²) in [7, 11) is 1.56. The molecule has 1 unspecified atom stereocenters. The SMILES string of the molecule is COc1ccc(C(C)O)c(OCC(=O)NC2CCCC2)c1. The molecule has 0 saturated heterocycles. The molecule has 1 amide bonds. The molecular weight excluding hydrogens is 270 g/mol. The summed E-state index contributed by atoms with van der Waals surface area (Å²) in [6.07, 6.45) is 3.78. The number of rotatable bonds is 6. The van der Waals surface area contributed by atoms with Gasteiger partial charge >= 0.3 is 0 Å². The van der Waals surface area contributed by atoms with Crippen LogP contribution in [0, 0.1) is 0 Å². The van der Waals surface area contributed by atoms with Crippen molar-refractivity contribution in [3.05, 3.63) is 23.8 Å². The molecule has 0 radical (unpaired) electrons. The second kappa shape index (κ2) is 7.31. The average molecular weight is 293 g/mol. The number of ether oxygens (including phenoxy) is 2. The fraction of sp³-hybridized carbons (Fsp3) is 0.562. The molecule has 1 saturated carbocycles. The molecule has 1 aromatic carbocycles. The molecule has 0 aromatic heterocycles. The molecule has 0 aliphatic heterocycles. The Balaban J connectivity index is 1.95. The highest BCUT2D eigenvalue weighted by Crippen LogP contribution is 2.29. The van der Waals surface area contributed by atoms with Gasteiger partial charge in [0.15, 0.2) is 6.61 Å². The van der Waals surface area contributed by atoms with E-state index in [-0.39, 0.29) is 18.6 Å². The monoisotopic (exact) mass is 293 g/mol. The zero-order valence-electron chi connectivity index (χ0n) is 12.6. The summed E-state index contributed by atoms with van der Waals surface area (Å²) in [5.41, 5.74) is 0.643. The van der Waals surface area contributed by atoms with Crippen LogP contribution in [0.25, 0.3) is 0 Å². The first-order valence-electron chi connectivity index (χ1n) is 7.38. The fourth-order valence-corrected chi connectivity index (χ4v) is 2.59. The minimum Gasteiger partial charge on any atom is -0.497 e. The van der Waals surface area contributed by atoms with Crippen molar-refractivity contribution in [3.63, 3.8) is 0 Å². The number of aliphatic hydroxyl groups excluding tert-OH is 1. The number of methoxy groups -OCH3 is 1. The van der Waals surface area contributed by atoms with Crippen LogP contribution in [0.2, 0.25) is 0 Å². The largest absolute Gasteiger partial charge is 0.497 e. The molecule has 0 bridgehead atoms. The molecule has 116 valence electrons. The van der Waals surface area contributed by atoms with E-state index in [4.69, 9.17) is 9.47 Å². The van der Waals surface area contributed by atoms with Gasteiger partial charge in [-0.05, 0) is 31.9 Å². The number of aliphatic hydroxyl groups is 1. The Hall–Kier alpha value is -1.75. The van der Waals surface area contributed by atoms with Crippen molar-refractivity contribution >= 4 is 5.91 Å². The van der Waals surface area contributed by atoms with E-state index in [9.17, 15) is 9.90 Å². The highest BCUT2D eigenvalue weighted by Gasteiger charge is 2.18. The molecular formula is C16H23NO4. The minimum atomic E-state index is -0.663. The van der Waals surface area contributed by atoms with Crippen molar-refractivity contribution in [2.45, 2.75) is 44.8 Å². The minimum absolute atomic E-state index is 0.0522. The Morgan fingerprint density at radius 2 is 2.14 bits per heavy atom. The Morgan fingerprint density at radius 3 is 2.76 bits per heavy atom. The molecule has 5 nitrogen and oxygen atoms in total. The van der Waals surface area contributed by atoms with Gasteiger partial charge in [-0.25, -0.2) is 0 Å². The van der Waals surface area contributed by atoms with E-state index < -0.39 is 6.10 Å². The molecule has 0 heterocycles.